The van der Waals surface area contributed by atoms with Crippen LogP contribution in [0.4, 0.5) is 0 Å². The lowest BCUT2D eigenvalue weighted by Gasteiger charge is -2.20. The molecule has 3 amide bonds. The molecule has 2 N–H and O–H groups in total. The van der Waals surface area contributed by atoms with Crippen molar-refractivity contribution in [1.82, 2.24) is 10.6 Å². The molecule has 2 rings (SSSR count). The smallest absolute Gasteiger partial charge is 0.329 e. The summed E-state index contributed by atoms with van der Waals surface area (Å²) in [6.07, 6.45) is 0.0439. The molecular weight excluding hydrogens is 372 g/mol. The van der Waals surface area contributed by atoms with Crippen LogP contribution in [0.1, 0.15) is 29.8 Å². The first-order valence-corrected chi connectivity index (χ1v) is 9.26. The molecule has 1 unspecified atom stereocenters. The molecule has 29 heavy (non-hydrogen) atoms. The summed E-state index contributed by atoms with van der Waals surface area (Å²) in [6.45, 7) is 2.89. The highest BCUT2D eigenvalue weighted by atomic mass is 16.5. The van der Waals surface area contributed by atoms with Crippen molar-refractivity contribution in [2.24, 2.45) is 5.92 Å². The largest absolute Gasteiger partial charge is 0.454 e. The lowest BCUT2D eigenvalue weighted by atomic mass is 10.0. The number of carbonyl (C=O) groups is 4. The molecule has 0 spiro atoms. The molecule has 0 aliphatic carbocycles. The van der Waals surface area contributed by atoms with Crippen molar-refractivity contribution in [2.75, 3.05) is 6.61 Å². The molecular formula is C22H24N2O5. The third kappa shape index (κ3) is 7.21. The summed E-state index contributed by atoms with van der Waals surface area (Å²) in [4.78, 5) is 48.4. The Morgan fingerprint density at radius 2 is 1.45 bits per heavy atom. The van der Waals surface area contributed by atoms with Gasteiger partial charge in [0.05, 0.1) is 6.42 Å². The van der Waals surface area contributed by atoms with Gasteiger partial charge in [0, 0.05) is 5.56 Å². The van der Waals surface area contributed by atoms with E-state index in [1.807, 2.05) is 6.07 Å². The maximum absolute atomic E-state index is 12.3. The van der Waals surface area contributed by atoms with Crippen LogP contribution >= 0.6 is 0 Å². The van der Waals surface area contributed by atoms with Crippen molar-refractivity contribution in [3.05, 3.63) is 71.8 Å². The van der Waals surface area contributed by atoms with Gasteiger partial charge in [0.15, 0.2) is 6.61 Å². The Balaban J connectivity index is 1.83. The molecule has 7 heteroatoms. The Kier molecular flexibility index (Phi) is 8.09. The van der Waals surface area contributed by atoms with E-state index in [2.05, 4.69) is 10.6 Å². The number of hydrogen-bond acceptors (Lipinski definition) is 5. The molecule has 2 aromatic carbocycles. The first kappa shape index (κ1) is 21.8. The zero-order valence-electron chi connectivity index (χ0n) is 16.4. The maximum atomic E-state index is 12.3. The van der Waals surface area contributed by atoms with Gasteiger partial charge in [-0.1, -0.05) is 62.4 Å². The molecule has 7 nitrogen and oxygen atoms in total. The van der Waals surface area contributed by atoms with E-state index in [0.29, 0.717) is 5.56 Å². The first-order chi connectivity index (χ1) is 13.9. The number of benzene rings is 2. The number of nitrogens with one attached hydrogen (secondary N) is 2. The van der Waals surface area contributed by atoms with E-state index in [0.717, 1.165) is 5.56 Å². The molecule has 0 aliphatic rings. The Labute approximate surface area is 169 Å². The zero-order valence-corrected chi connectivity index (χ0v) is 16.4. The Morgan fingerprint density at radius 3 is 2.03 bits per heavy atom. The molecule has 0 fully saturated rings. The molecule has 0 heterocycles. The van der Waals surface area contributed by atoms with Crippen molar-refractivity contribution in [3.63, 3.8) is 0 Å². The van der Waals surface area contributed by atoms with Crippen LogP contribution in [0, 0.1) is 5.92 Å². The first-order valence-electron chi connectivity index (χ1n) is 9.26. The van der Waals surface area contributed by atoms with Crippen molar-refractivity contribution >= 4 is 23.7 Å². The van der Waals surface area contributed by atoms with Crippen molar-refractivity contribution in [2.45, 2.75) is 26.3 Å². The highest BCUT2D eigenvalue weighted by molar-refractivity contribution is 5.98. The minimum absolute atomic E-state index is 0.0439. The van der Waals surface area contributed by atoms with Crippen LogP contribution < -0.4 is 10.6 Å². The predicted octanol–water partition coefficient (Wildman–Crippen LogP) is 1.87. The standard InChI is InChI=1S/C22H24N2O5/c1-15(2)20(24-21(27)17-11-7-4-8-12-17)22(28)29-14-19(26)23-18(25)13-16-9-5-3-6-10-16/h3-12,15,20H,13-14H2,1-2H3,(H,24,27)(H,23,25,26). The van der Waals surface area contributed by atoms with E-state index in [4.69, 9.17) is 4.74 Å². The van der Waals surface area contributed by atoms with E-state index in [1.165, 1.54) is 0 Å². The average Bonchev–Trinajstić information content (AvgIpc) is 2.71. The van der Waals surface area contributed by atoms with Crippen molar-refractivity contribution in [1.29, 1.82) is 0 Å². The van der Waals surface area contributed by atoms with E-state index in [1.54, 1.807) is 68.4 Å². The van der Waals surface area contributed by atoms with E-state index < -0.39 is 36.3 Å². The van der Waals surface area contributed by atoms with E-state index in [-0.39, 0.29) is 12.3 Å². The summed E-state index contributed by atoms with van der Waals surface area (Å²) in [6, 6.07) is 16.5. The van der Waals surface area contributed by atoms with Crippen molar-refractivity contribution in [3.8, 4) is 0 Å². The van der Waals surface area contributed by atoms with E-state index >= 15 is 0 Å². The Bertz CT molecular complexity index is 850. The van der Waals surface area contributed by atoms with Gasteiger partial charge in [0.2, 0.25) is 5.91 Å². The summed E-state index contributed by atoms with van der Waals surface area (Å²) >= 11 is 0. The summed E-state index contributed by atoms with van der Waals surface area (Å²) in [5, 5.41) is 4.79. The van der Waals surface area contributed by atoms with Gasteiger partial charge in [0.25, 0.3) is 11.8 Å². The van der Waals surface area contributed by atoms with Gasteiger partial charge >= 0.3 is 5.97 Å². The molecule has 0 saturated heterocycles. The number of rotatable bonds is 8. The second kappa shape index (κ2) is 10.8. The van der Waals surface area contributed by atoms with Crippen molar-refractivity contribution < 1.29 is 23.9 Å². The SMILES string of the molecule is CC(C)C(NC(=O)c1ccccc1)C(=O)OCC(=O)NC(=O)Cc1ccccc1. The summed E-state index contributed by atoms with van der Waals surface area (Å²) in [5.74, 6) is -2.62. The molecule has 0 radical (unpaired) electrons. The number of carbonyl (C=O) groups excluding carboxylic acids is 4. The van der Waals surface area contributed by atoms with E-state index in [9.17, 15) is 19.2 Å². The number of imide groups is 1. The van der Waals surface area contributed by atoms with Crippen LogP contribution in [0.2, 0.25) is 0 Å². The summed E-state index contributed by atoms with van der Waals surface area (Å²) < 4.78 is 5.00. The monoisotopic (exact) mass is 396 g/mol. The zero-order chi connectivity index (χ0) is 21.2. The predicted molar refractivity (Wildman–Crippen MR) is 107 cm³/mol. The summed E-state index contributed by atoms with van der Waals surface area (Å²) in [7, 11) is 0. The van der Waals surface area contributed by atoms with Gasteiger partial charge in [-0.05, 0) is 23.6 Å². The fraction of sp³-hybridized carbons (Fsp3) is 0.273. The lowest BCUT2D eigenvalue weighted by Crippen LogP contribution is -2.46. The molecule has 0 bridgehead atoms. The average molecular weight is 396 g/mol. The topological polar surface area (TPSA) is 102 Å². The number of esters is 1. The quantitative estimate of drug-likeness (QED) is 0.664. The normalized spacial score (nSPS) is 11.4. The second-order valence-electron chi connectivity index (χ2n) is 6.80. The van der Waals surface area contributed by atoms with Crippen LogP contribution in [-0.2, 0) is 25.5 Å². The van der Waals surface area contributed by atoms with Gasteiger partial charge in [-0.15, -0.1) is 0 Å². The van der Waals surface area contributed by atoms with Gasteiger partial charge < -0.3 is 10.1 Å². The Hall–Kier alpha value is -3.48. The fourth-order valence-electron chi connectivity index (χ4n) is 2.56. The lowest BCUT2D eigenvalue weighted by molar-refractivity contribution is -0.152. The van der Waals surface area contributed by atoms with Crippen LogP contribution in [-0.4, -0.2) is 36.3 Å². The third-order valence-electron chi connectivity index (χ3n) is 4.08. The highest BCUT2D eigenvalue weighted by Crippen LogP contribution is 2.07. The molecule has 2 aromatic rings. The minimum atomic E-state index is -0.921. The van der Waals surface area contributed by atoms with Crippen LogP contribution in [0.5, 0.6) is 0 Å². The minimum Gasteiger partial charge on any atom is -0.454 e. The highest BCUT2D eigenvalue weighted by Gasteiger charge is 2.27. The van der Waals surface area contributed by atoms with Gasteiger partial charge in [0.1, 0.15) is 6.04 Å². The van der Waals surface area contributed by atoms with Crippen LogP contribution in [0.3, 0.4) is 0 Å². The third-order valence-corrected chi connectivity index (χ3v) is 4.08. The Morgan fingerprint density at radius 1 is 0.862 bits per heavy atom. The molecule has 0 saturated carbocycles. The second-order valence-corrected chi connectivity index (χ2v) is 6.80. The van der Waals surface area contributed by atoms with Gasteiger partial charge in [-0.2, -0.15) is 0 Å². The molecule has 152 valence electrons. The number of amides is 3. The fourth-order valence-corrected chi connectivity index (χ4v) is 2.56. The molecule has 0 aliphatic heterocycles. The van der Waals surface area contributed by atoms with Gasteiger partial charge in [-0.25, -0.2) is 4.79 Å². The summed E-state index contributed by atoms with van der Waals surface area (Å²) in [5.41, 5.74) is 1.17. The molecule has 1 atom stereocenters. The maximum Gasteiger partial charge on any atom is 0.329 e. The number of hydrogen-bond donors (Lipinski definition) is 2. The van der Waals surface area contributed by atoms with Gasteiger partial charge in [-0.3, -0.25) is 19.7 Å². The number of ether oxygens (including phenoxy) is 1. The van der Waals surface area contributed by atoms with Crippen LogP contribution in [0.25, 0.3) is 0 Å². The van der Waals surface area contributed by atoms with Crippen LogP contribution in [0.15, 0.2) is 60.7 Å². The molecule has 0 aromatic heterocycles.